The molecule has 2 atom stereocenters. The Hall–Kier alpha value is -13.3. The van der Waals surface area contributed by atoms with E-state index in [1.165, 1.54) is 91.0 Å². The van der Waals surface area contributed by atoms with Crippen LogP contribution in [0.4, 0.5) is 28.4 Å². The minimum Gasteiger partial charge on any atom is -0.872 e. The second kappa shape index (κ2) is 67.8. The third-order valence-corrected chi connectivity index (χ3v) is 15.8. The topological polar surface area (TPSA) is 869 Å². The summed E-state index contributed by atoms with van der Waals surface area (Å²) in [6, 6.07) is 21.8. The molecule has 0 radical (unpaired) electrons. The Kier molecular flexibility index (Phi) is 63.3. The molecule has 7 aliphatic rings. The van der Waals surface area contributed by atoms with Crippen molar-refractivity contribution in [3.05, 3.63) is 191 Å². The van der Waals surface area contributed by atoms with Crippen molar-refractivity contribution < 1.29 is 248 Å². The van der Waals surface area contributed by atoms with Crippen LogP contribution in [0, 0.1) is 70.8 Å². The van der Waals surface area contributed by atoms with Gasteiger partial charge in [0.1, 0.15) is 47.4 Å². The number of rotatable bonds is 19. The van der Waals surface area contributed by atoms with Crippen molar-refractivity contribution in [2.45, 2.75) is 158 Å². The van der Waals surface area contributed by atoms with Gasteiger partial charge in [-0.2, -0.15) is 5.11 Å². The summed E-state index contributed by atoms with van der Waals surface area (Å²) in [4.78, 5) is 238. The molecule has 0 bridgehead atoms. The van der Waals surface area contributed by atoms with E-state index in [0.717, 1.165) is 23.5 Å². The first-order valence-corrected chi connectivity index (χ1v) is 40.1. The monoisotopic (exact) mass is 2080 g/mol. The zero-order valence-electron chi connectivity index (χ0n) is 70.3. The van der Waals surface area contributed by atoms with Crippen LogP contribution in [0.2, 0.25) is 0 Å². The second-order valence-electron chi connectivity index (χ2n) is 25.8. The Bertz CT molecular complexity index is 4950. The minimum atomic E-state index is -1.67. The number of nitrogens with two attached hydrogens (primary N) is 1. The summed E-state index contributed by atoms with van der Waals surface area (Å²) in [6.45, 7) is 1.96. The van der Waals surface area contributed by atoms with Crippen molar-refractivity contribution >= 4 is 190 Å². The van der Waals surface area contributed by atoms with Crippen LogP contribution in [0.15, 0.2) is 124 Å². The quantitative estimate of drug-likeness (QED) is 0.00652. The first-order chi connectivity index (χ1) is 62.7. The molecule has 0 spiro atoms. The van der Waals surface area contributed by atoms with Gasteiger partial charge in [-0.25, -0.2) is 4.21 Å². The number of non-ortho nitro benzene ring substituents is 5. The zero-order valence-corrected chi connectivity index (χ0v) is 79.0. The number of nitro groups is 5. The maximum absolute atomic E-state index is 12.0. The number of aliphatic hydroxyl groups is 1. The number of carbonyl (C=O) groups excluding carboxylic acids is 13. The van der Waals surface area contributed by atoms with Crippen LogP contribution in [-0.2, 0) is 105 Å². The number of carbonyl (C=O) groups is 16. The number of ether oxygens (including phenoxy) is 10. The first kappa shape index (κ1) is 128. The average Bonchev–Trinajstić information content (AvgIpc) is 0.806. The number of cyclic esters (lactones) is 10. The summed E-state index contributed by atoms with van der Waals surface area (Å²) in [5.41, 5.74) is 5.00. The number of esters is 11. The SMILES string of the molecule is CCOC(=O)CC1CC(=O)c2cc([N+](=O)[O-])ccc2O1.Cl.NC1CC(=O)OC(=O)C1.O=C(O)CC(CC(=O)O)Oc1ccc([N+](=O)[O-])cc1.O=C(O)CC1CC(=O)c2cc([N+](=O)[O-])ccc2O1.O=C1CC(Cl)CC(=O)O1.O=C1CC(N=NCl)CC(=O)O1.O=C1CC(O)CC(=O)O1.O=C1CC(Oc2ccc([N+](=O)[O-])cc2)CC(=O)O1.O=N[O-].O=S(Cl)Cl.O=[N+]([O-])O.O=[N+]([O-])c1ccc([O-])cc1.[Na+].[Na+]. The molecule has 5 aromatic rings. The molecule has 57 nitrogen and oxygen atoms in total. The number of halogens is 5. The van der Waals surface area contributed by atoms with Gasteiger partial charge in [0.2, 0.25) is 9.23 Å². The van der Waals surface area contributed by atoms with E-state index in [4.69, 9.17) is 103 Å². The van der Waals surface area contributed by atoms with E-state index in [0.29, 0.717) is 5.75 Å². The Labute approximate surface area is 836 Å². The van der Waals surface area contributed by atoms with Gasteiger partial charge in [-0.05, 0) is 43.3 Å². The molecule has 0 saturated carbocycles. The van der Waals surface area contributed by atoms with Crippen molar-refractivity contribution in [2.75, 3.05) is 6.61 Å². The summed E-state index contributed by atoms with van der Waals surface area (Å²) in [5.74, 6) is -9.44. The van der Waals surface area contributed by atoms with E-state index >= 15 is 0 Å². The van der Waals surface area contributed by atoms with Crippen molar-refractivity contribution in [2.24, 2.45) is 20.8 Å². The fraction of sp³-hybridized carbons (Fsp3) is 0.361. The number of alkyl halides is 1. The molecule has 734 valence electrons. The van der Waals surface area contributed by atoms with Gasteiger partial charge in [-0.1, -0.05) is 16.8 Å². The second-order valence-corrected chi connectivity index (χ2v) is 29.1. The third-order valence-electron chi connectivity index (χ3n) is 15.4. The number of hydrogen-bond donors (Lipinski definition) is 6. The Morgan fingerprint density at radius 2 is 0.810 bits per heavy atom. The molecule has 65 heteroatoms. The molecule has 0 amide bonds. The molecule has 5 fully saturated rings. The standard InChI is InChI=1S/C13H13NO6.C11H11NO7.2C11H9NO6.C6H5NO3.C5H5ClN2O3.C5H5ClO3.C5H7NO3.C5H6O4.Cl2OS.ClH.HNO3.HNO2.2Na/c1-2-19-13(16)7-9-6-11(15)10-5-8(14(17)18)3-4-12(10)20-9;13-10(14)5-9(6-11(15)16)19-8-3-1-7(2-4-8)12(17)18;13-10-5-9(6-11(14)18-10)17-8-3-1-7(2-4-8)12(15)16;13-9-4-7(5-11(14)15)18-10-2-1-6(12(16)17)3-8(9)10;8-6-3-1-5(2-4-6)7(9)10;6-8-7-3-1-4(9)11-5(10)2-3;3*6-3-1-4(7)9-5(8)2-3;1-4(2)3;;2-1(3)4;2-1-3;;/h3-5,9H,2,6-7H2,1H3;1-4,9H,5-6H2,(H,13,14)(H,15,16);1-4,9H,5-6H2;1-3,7H,4-5H2,(H,14,15);1-4,8H;3H,1-2H2;3H,1-2H2;3H,1-2,6H2;3,6H,1-2H2;;1H;(H,2,3,4);(H,2,3);;/q;;;;;;;;;;;;;2*+1/p-2. The fourth-order valence-electron chi connectivity index (χ4n) is 10.2. The molecule has 7 aliphatic heterocycles. The molecule has 2 unspecified atom stereocenters. The molecular formula is C72H71Cl5N10Na2O47S. The Morgan fingerprint density at radius 3 is 1.12 bits per heavy atom. The van der Waals surface area contributed by atoms with E-state index in [1.54, 1.807) is 6.92 Å². The van der Waals surface area contributed by atoms with Gasteiger partial charge in [-0.15, -0.1) is 45.2 Å². The van der Waals surface area contributed by atoms with Crippen LogP contribution in [0.1, 0.15) is 130 Å². The third kappa shape index (κ3) is 57.3. The van der Waals surface area contributed by atoms with Crippen molar-refractivity contribution in [1.29, 1.82) is 0 Å². The zero-order chi connectivity index (χ0) is 102. The number of ketones is 2. The Morgan fingerprint density at radius 1 is 0.504 bits per heavy atom. The molecule has 7 N–H and O–H groups in total. The van der Waals surface area contributed by atoms with Gasteiger partial charge in [0.25, 0.3) is 33.5 Å². The summed E-state index contributed by atoms with van der Waals surface area (Å²) in [5, 5.41) is 123. The molecule has 5 aromatic carbocycles. The number of nitrogens with zero attached hydrogens (tertiary/aromatic N) is 9. The number of benzene rings is 5. The molecule has 7 heterocycles. The summed E-state index contributed by atoms with van der Waals surface area (Å²) >= 11 is 10.4. The number of fused-ring (bicyclic) bond motifs is 2. The van der Waals surface area contributed by atoms with E-state index in [2.05, 4.69) is 54.8 Å². The molecule has 5 saturated heterocycles. The predicted octanol–water partition coefficient (Wildman–Crippen LogP) is 1.50. The van der Waals surface area contributed by atoms with E-state index in [9.17, 15) is 132 Å². The van der Waals surface area contributed by atoms with Gasteiger partial charge >= 0.3 is 143 Å². The maximum atomic E-state index is 12.0. The van der Waals surface area contributed by atoms with Gasteiger partial charge < -0.3 is 94.0 Å². The van der Waals surface area contributed by atoms with Crippen molar-refractivity contribution in [3.8, 4) is 28.7 Å². The van der Waals surface area contributed by atoms with Crippen LogP contribution < -0.4 is 88.9 Å². The molecule has 137 heavy (non-hydrogen) atoms. The smallest absolute Gasteiger partial charge is 0.872 e. The fourth-order valence-corrected chi connectivity index (χ4v) is 10.5. The number of Topliss-reactive ketones (excluding diaryl/α,β-unsaturated/α-hetero) is 2. The number of carboxylic acids is 3. The largest absolute Gasteiger partial charge is 1.00 e. The predicted molar refractivity (Wildman–Crippen MR) is 443 cm³/mol. The molecule has 0 aromatic heterocycles. The normalized spacial score (nSPS) is 15.5. The van der Waals surface area contributed by atoms with Crippen LogP contribution in [-0.4, -0.2) is 209 Å². The van der Waals surface area contributed by atoms with Crippen LogP contribution in [0.25, 0.3) is 0 Å². The van der Waals surface area contributed by atoms with E-state index in [-0.39, 0.29) is 254 Å². The number of nitro benzene ring substituents is 5. The van der Waals surface area contributed by atoms with Gasteiger partial charge in [0, 0.05) is 101 Å². The number of aliphatic carboxylic acids is 3. The summed E-state index contributed by atoms with van der Waals surface area (Å²) in [7, 11) is 7.36. The van der Waals surface area contributed by atoms with Crippen molar-refractivity contribution in [1.82, 2.24) is 0 Å². The molecule has 12 rings (SSSR count). The van der Waals surface area contributed by atoms with E-state index < -0.39 is 172 Å². The van der Waals surface area contributed by atoms with Crippen LogP contribution >= 0.6 is 57.1 Å². The first-order valence-electron chi connectivity index (χ1n) is 36.6. The van der Waals surface area contributed by atoms with Crippen LogP contribution in [0.3, 0.4) is 0 Å². The summed E-state index contributed by atoms with van der Waals surface area (Å²) in [6.07, 6.45) is -4.46. The minimum absolute atomic E-state index is 0. The van der Waals surface area contributed by atoms with Crippen molar-refractivity contribution in [3.63, 3.8) is 0 Å². The maximum Gasteiger partial charge on any atom is 1.00 e. The van der Waals surface area contributed by atoms with Crippen LogP contribution in [0.5, 0.6) is 28.7 Å². The number of hydrogen-bond acceptors (Lipinski definition) is 47. The Balaban J connectivity index is -0.00000147. The number of aliphatic hydroxyl groups excluding tert-OH is 1. The summed E-state index contributed by atoms with van der Waals surface area (Å²) < 4.78 is 59.4. The van der Waals surface area contributed by atoms with Gasteiger partial charge in [-0.3, -0.25) is 127 Å². The van der Waals surface area contributed by atoms with Gasteiger partial charge in [0.15, 0.2) is 11.6 Å². The molecular weight excluding hydrogens is 2010 g/mol. The average molecular weight is 2080 g/mol. The number of carboxylic acid groups (broad SMARTS) is 3. The van der Waals surface area contributed by atoms with E-state index in [1.807, 2.05) is 0 Å². The molecule has 0 aliphatic carbocycles. The van der Waals surface area contributed by atoms with Gasteiger partial charge in [0.05, 0.1) is 162 Å².